The molecule has 1 heterocycles. The van der Waals surface area contributed by atoms with Gasteiger partial charge in [-0.2, -0.15) is 0 Å². The maximum atomic E-state index is 9.47. The first-order chi connectivity index (χ1) is 6.33. The van der Waals surface area contributed by atoms with Gasteiger partial charge in [0.15, 0.2) is 0 Å². The first-order valence-electron chi connectivity index (χ1n) is 4.64. The Labute approximate surface area is 82.8 Å². The monoisotopic (exact) mass is 200 g/mol. The zero-order valence-corrected chi connectivity index (χ0v) is 8.46. The van der Waals surface area contributed by atoms with Gasteiger partial charge in [-0.25, -0.2) is 0 Å². The molecule has 1 rings (SSSR count). The van der Waals surface area contributed by atoms with Gasteiger partial charge in [0, 0.05) is 11.5 Å². The van der Waals surface area contributed by atoms with Gasteiger partial charge in [-0.05, 0) is 37.1 Å². The highest BCUT2D eigenvalue weighted by Gasteiger charge is 2.04. The fourth-order valence-corrected chi connectivity index (χ4v) is 1.96. The van der Waals surface area contributed by atoms with E-state index in [2.05, 4.69) is 11.4 Å². The first-order valence-corrected chi connectivity index (χ1v) is 5.52. The number of thiophene rings is 1. The fourth-order valence-electron chi connectivity index (χ4n) is 1.23. The van der Waals surface area contributed by atoms with E-state index in [1.54, 1.807) is 11.3 Å². The summed E-state index contributed by atoms with van der Waals surface area (Å²) in [6.45, 7) is 0.177. The third-order valence-corrected chi connectivity index (χ3v) is 2.94. The molecule has 1 aromatic heterocycles. The van der Waals surface area contributed by atoms with Crippen molar-refractivity contribution in [1.82, 2.24) is 0 Å². The molecule has 3 heteroatoms. The summed E-state index contributed by atoms with van der Waals surface area (Å²) in [5, 5.41) is 20.1. The minimum Gasteiger partial charge on any atom is -0.396 e. The van der Waals surface area contributed by atoms with Crippen LogP contribution >= 0.6 is 11.3 Å². The Bertz CT molecular complexity index is 209. The zero-order valence-electron chi connectivity index (χ0n) is 7.65. The van der Waals surface area contributed by atoms with Crippen molar-refractivity contribution in [3.05, 3.63) is 22.4 Å². The van der Waals surface area contributed by atoms with E-state index in [0.29, 0.717) is 12.8 Å². The highest BCUT2D eigenvalue weighted by atomic mass is 32.1. The lowest BCUT2D eigenvalue weighted by molar-refractivity contribution is 0.141. The van der Waals surface area contributed by atoms with Crippen molar-refractivity contribution < 1.29 is 10.2 Å². The molecule has 2 N–H and O–H groups in total. The van der Waals surface area contributed by atoms with Crippen LogP contribution in [-0.4, -0.2) is 22.9 Å². The van der Waals surface area contributed by atoms with Gasteiger partial charge in [-0.1, -0.05) is 6.07 Å². The van der Waals surface area contributed by atoms with Crippen LogP contribution in [0.15, 0.2) is 17.5 Å². The standard InChI is InChI=1S/C10H16O2S/c11-7-1-3-9(12)5-6-10-4-2-8-13-10/h2,4,8-9,11-12H,1,3,5-7H2. The molecule has 13 heavy (non-hydrogen) atoms. The van der Waals surface area contributed by atoms with Crippen LogP contribution in [0.4, 0.5) is 0 Å². The van der Waals surface area contributed by atoms with Crippen LogP contribution in [0, 0.1) is 0 Å². The van der Waals surface area contributed by atoms with Crippen molar-refractivity contribution in [1.29, 1.82) is 0 Å². The van der Waals surface area contributed by atoms with Crippen LogP contribution in [0.2, 0.25) is 0 Å². The molecule has 0 amide bonds. The Hall–Kier alpha value is -0.380. The van der Waals surface area contributed by atoms with Crippen molar-refractivity contribution in [2.24, 2.45) is 0 Å². The molecule has 1 unspecified atom stereocenters. The van der Waals surface area contributed by atoms with E-state index < -0.39 is 0 Å². The maximum Gasteiger partial charge on any atom is 0.0544 e. The molecule has 0 radical (unpaired) electrons. The van der Waals surface area contributed by atoms with Gasteiger partial charge in [0.25, 0.3) is 0 Å². The minimum absolute atomic E-state index is 0.177. The summed E-state index contributed by atoms with van der Waals surface area (Å²) in [7, 11) is 0. The van der Waals surface area contributed by atoms with E-state index in [1.807, 2.05) is 6.07 Å². The highest BCUT2D eigenvalue weighted by molar-refractivity contribution is 7.09. The summed E-state index contributed by atoms with van der Waals surface area (Å²) in [5.41, 5.74) is 0. The van der Waals surface area contributed by atoms with Gasteiger partial charge in [0.1, 0.15) is 0 Å². The molecule has 2 nitrogen and oxygen atoms in total. The largest absolute Gasteiger partial charge is 0.396 e. The molecule has 0 aromatic carbocycles. The van der Waals surface area contributed by atoms with E-state index in [1.165, 1.54) is 4.88 Å². The first kappa shape index (κ1) is 10.7. The molecule has 0 aliphatic carbocycles. The molecule has 0 saturated heterocycles. The van der Waals surface area contributed by atoms with Crippen LogP contribution in [0.5, 0.6) is 0 Å². The van der Waals surface area contributed by atoms with Crippen molar-refractivity contribution in [3.63, 3.8) is 0 Å². The number of rotatable bonds is 6. The quantitative estimate of drug-likeness (QED) is 0.735. The average molecular weight is 200 g/mol. The van der Waals surface area contributed by atoms with Crippen LogP contribution in [-0.2, 0) is 6.42 Å². The van der Waals surface area contributed by atoms with E-state index in [4.69, 9.17) is 5.11 Å². The van der Waals surface area contributed by atoms with Gasteiger partial charge in [0.2, 0.25) is 0 Å². The predicted octanol–water partition coefficient (Wildman–Crippen LogP) is 1.81. The van der Waals surface area contributed by atoms with Crippen LogP contribution in [0.1, 0.15) is 24.1 Å². The molecule has 74 valence electrons. The molecular formula is C10H16O2S. The van der Waals surface area contributed by atoms with Crippen LogP contribution in [0.3, 0.4) is 0 Å². The Kier molecular flexibility index (Phi) is 5.05. The van der Waals surface area contributed by atoms with Crippen molar-refractivity contribution in [2.45, 2.75) is 31.8 Å². The molecule has 0 aliphatic heterocycles. The highest BCUT2D eigenvalue weighted by Crippen LogP contribution is 2.13. The molecule has 0 bridgehead atoms. The summed E-state index contributed by atoms with van der Waals surface area (Å²) in [5.74, 6) is 0. The lowest BCUT2D eigenvalue weighted by Crippen LogP contribution is -2.08. The Morgan fingerprint density at radius 3 is 2.85 bits per heavy atom. The smallest absolute Gasteiger partial charge is 0.0544 e. The molecule has 1 atom stereocenters. The number of hydrogen-bond acceptors (Lipinski definition) is 3. The van der Waals surface area contributed by atoms with Crippen molar-refractivity contribution in [2.75, 3.05) is 6.61 Å². The second kappa shape index (κ2) is 6.13. The van der Waals surface area contributed by atoms with Crippen LogP contribution in [0.25, 0.3) is 0 Å². The number of aryl methyl sites for hydroxylation is 1. The molecule has 0 fully saturated rings. The van der Waals surface area contributed by atoms with E-state index in [9.17, 15) is 5.11 Å². The van der Waals surface area contributed by atoms with Crippen molar-refractivity contribution in [3.8, 4) is 0 Å². The van der Waals surface area contributed by atoms with Gasteiger partial charge in [0.05, 0.1) is 6.10 Å². The number of aliphatic hydroxyl groups is 2. The van der Waals surface area contributed by atoms with Crippen molar-refractivity contribution >= 4 is 11.3 Å². The summed E-state index contributed by atoms with van der Waals surface area (Å²) in [4.78, 5) is 1.32. The lowest BCUT2D eigenvalue weighted by atomic mass is 10.1. The molecule has 0 spiro atoms. The topological polar surface area (TPSA) is 40.5 Å². The SMILES string of the molecule is OCCCC(O)CCc1cccs1. The third-order valence-electron chi connectivity index (χ3n) is 2.00. The van der Waals surface area contributed by atoms with E-state index in [-0.39, 0.29) is 12.7 Å². The number of aliphatic hydroxyl groups excluding tert-OH is 2. The van der Waals surface area contributed by atoms with Gasteiger partial charge in [-0.15, -0.1) is 11.3 Å². The minimum atomic E-state index is -0.255. The van der Waals surface area contributed by atoms with E-state index in [0.717, 1.165) is 12.8 Å². The fraction of sp³-hybridized carbons (Fsp3) is 0.600. The predicted molar refractivity (Wildman–Crippen MR) is 55.0 cm³/mol. The van der Waals surface area contributed by atoms with Crippen LogP contribution < -0.4 is 0 Å². The lowest BCUT2D eigenvalue weighted by Gasteiger charge is -2.07. The second-order valence-electron chi connectivity index (χ2n) is 3.14. The van der Waals surface area contributed by atoms with Gasteiger partial charge >= 0.3 is 0 Å². The number of hydrogen-bond donors (Lipinski definition) is 2. The molecule has 0 aliphatic rings. The molecule has 1 aromatic rings. The van der Waals surface area contributed by atoms with Gasteiger partial charge in [-0.3, -0.25) is 0 Å². The Morgan fingerprint density at radius 1 is 1.38 bits per heavy atom. The Balaban J connectivity index is 2.11. The summed E-state index contributed by atoms with van der Waals surface area (Å²) in [6.07, 6.45) is 2.91. The normalized spacial score (nSPS) is 13.1. The maximum absolute atomic E-state index is 9.47. The Morgan fingerprint density at radius 2 is 2.23 bits per heavy atom. The third kappa shape index (κ3) is 4.41. The molecular weight excluding hydrogens is 184 g/mol. The molecule has 0 saturated carbocycles. The zero-order chi connectivity index (χ0) is 9.52. The summed E-state index contributed by atoms with van der Waals surface area (Å²) >= 11 is 1.73. The summed E-state index contributed by atoms with van der Waals surface area (Å²) in [6, 6.07) is 4.11. The van der Waals surface area contributed by atoms with E-state index >= 15 is 0 Å². The van der Waals surface area contributed by atoms with Gasteiger partial charge < -0.3 is 10.2 Å². The average Bonchev–Trinajstić information content (AvgIpc) is 2.64. The second-order valence-corrected chi connectivity index (χ2v) is 4.17. The summed E-state index contributed by atoms with van der Waals surface area (Å²) < 4.78 is 0.